The zero-order chi connectivity index (χ0) is 14.5. The van der Waals surface area contributed by atoms with E-state index < -0.39 is 16.7 Å². The van der Waals surface area contributed by atoms with E-state index in [2.05, 4.69) is 15.3 Å². The molecule has 1 aliphatic carbocycles. The maximum Gasteiger partial charge on any atom is 0.268 e. The second-order valence-corrected chi connectivity index (χ2v) is 6.96. The summed E-state index contributed by atoms with van der Waals surface area (Å²) in [6, 6.07) is 0.224. The van der Waals surface area contributed by atoms with E-state index in [0.717, 1.165) is 25.7 Å². The monoisotopic (exact) mass is 296 g/mol. The molecule has 110 valence electrons. The fourth-order valence-electron chi connectivity index (χ4n) is 2.51. The van der Waals surface area contributed by atoms with Gasteiger partial charge in [-0.1, -0.05) is 13.3 Å². The Bertz CT molecular complexity index is 509. The zero-order valence-electron chi connectivity index (χ0n) is 11.5. The topological polar surface area (TPSA) is 98.0 Å². The van der Waals surface area contributed by atoms with E-state index in [1.54, 1.807) is 6.20 Å². The Kier molecular flexibility index (Phi) is 5.05. The highest BCUT2D eigenvalue weighted by atomic mass is 32.2. The van der Waals surface area contributed by atoms with Crippen molar-refractivity contribution in [3.8, 4) is 0 Å². The van der Waals surface area contributed by atoms with Crippen molar-refractivity contribution in [3.63, 3.8) is 0 Å². The minimum Gasteiger partial charge on any atom is -0.366 e. The molecule has 1 aromatic heterocycles. The molecule has 6 nitrogen and oxygen atoms in total. The van der Waals surface area contributed by atoms with Crippen LogP contribution in [-0.4, -0.2) is 37.1 Å². The van der Waals surface area contributed by atoms with E-state index in [1.807, 2.05) is 6.92 Å². The molecular formula is C13H20N4O2S. The van der Waals surface area contributed by atoms with Crippen LogP contribution < -0.4 is 11.1 Å². The molecule has 3 atom stereocenters. The lowest BCUT2D eigenvalue weighted by Gasteiger charge is -2.29. The molecule has 3 N–H and O–H groups in total. The molecule has 1 saturated carbocycles. The number of hydrogen-bond acceptors (Lipinski definition) is 5. The van der Waals surface area contributed by atoms with Crippen molar-refractivity contribution in [3.05, 3.63) is 18.1 Å². The van der Waals surface area contributed by atoms with E-state index in [1.165, 1.54) is 6.20 Å². The van der Waals surface area contributed by atoms with Crippen LogP contribution >= 0.6 is 0 Å². The average Bonchev–Trinajstić information content (AvgIpc) is 2.47. The van der Waals surface area contributed by atoms with Gasteiger partial charge in [-0.05, 0) is 19.3 Å². The summed E-state index contributed by atoms with van der Waals surface area (Å²) in [4.78, 5) is 19.2. The van der Waals surface area contributed by atoms with Crippen LogP contribution in [-0.2, 0) is 10.8 Å². The molecule has 0 saturated heterocycles. The first-order valence-corrected chi connectivity index (χ1v) is 8.24. The number of amides is 1. The first kappa shape index (κ1) is 14.9. The zero-order valence-corrected chi connectivity index (χ0v) is 12.4. The molecule has 1 aliphatic rings. The molecule has 0 radical (unpaired) electrons. The van der Waals surface area contributed by atoms with Crippen LogP contribution in [0.3, 0.4) is 0 Å². The van der Waals surface area contributed by atoms with Gasteiger partial charge in [-0.3, -0.25) is 14.0 Å². The lowest BCUT2D eigenvalue weighted by atomic mass is 9.95. The standard InChI is InChI=1S/C13H20N4O2S/c1-2-20(19)10-5-3-4-9(6-10)16-12-8-15-7-11(17-12)13(14)18/h7-10H,2-6H2,1H3,(H2,14,18)(H,16,17). The number of rotatable bonds is 5. The molecule has 7 heteroatoms. The third kappa shape index (κ3) is 3.75. The lowest BCUT2D eigenvalue weighted by molar-refractivity contribution is 0.0995. The number of nitrogens with one attached hydrogen (secondary N) is 1. The minimum atomic E-state index is -0.754. The van der Waals surface area contributed by atoms with Crippen LogP contribution in [0.25, 0.3) is 0 Å². The first-order valence-electron chi connectivity index (χ1n) is 6.85. The van der Waals surface area contributed by atoms with Gasteiger partial charge in [0.05, 0.1) is 12.4 Å². The summed E-state index contributed by atoms with van der Waals surface area (Å²) in [6.45, 7) is 1.95. The smallest absolute Gasteiger partial charge is 0.268 e. The molecule has 1 amide bonds. The predicted octanol–water partition coefficient (Wildman–Crippen LogP) is 1.07. The quantitative estimate of drug-likeness (QED) is 0.847. The van der Waals surface area contributed by atoms with Crippen molar-refractivity contribution in [2.45, 2.75) is 43.9 Å². The van der Waals surface area contributed by atoms with Crippen molar-refractivity contribution in [1.82, 2.24) is 9.97 Å². The third-order valence-corrected chi connectivity index (χ3v) is 5.26. The Morgan fingerprint density at radius 3 is 3.00 bits per heavy atom. The van der Waals surface area contributed by atoms with Crippen LogP contribution in [0.1, 0.15) is 43.1 Å². The molecular weight excluding hydrogens is 276 g/mol. The number of aromatic nitrogens is 2. The summed E-state index contributed by atoms with van der Waals surface area (Å²) in [5.41, 5.74) is 5.34. The molecule has 0 aliphatic heterocycles. The molecule has 1 aromatic rings. The second kappa shape index (κ2) is 6.78. The molecule has 3 unspecified atom stereocenters. The maximum atomic E-state index is 11.9. The van der Waals surface area contributed by atoms with Crippen LogP contribution in [0.15, 0.2) is 12.4 Å². The third-order valence-electron chi connectivity index (χ3n) is 3.52. The largest absolute Gasteiger partial charge is 0.366 e. The Morgan fingerprint density at radius 1 is 1.50 bits per heavy atom. The van der Waals surface area contributed by atoms with Crippen molar-refractivity contribution >= 4 is 22.5 Å². The van der Waals surface area contributed by atoms with E-state index in [0.29, 0.717) is 11.6 Å². The summed E-state index contributed by atoms with van der Waals surface area (Å²) in [6.07, 6.45) is 6.88. The number of hydrogen-bond donors (Lipinski definition) is 2. The van der Waals surface area contributed by atoms with Gasteiger partial charge in [0, 0.05) is 27.8 Å². The highest BCUT2D eigenvalue weighted by molar-refractivity contribution is 7.85. The van der Waals surface area contributed by atoms with Gasteiger partial charge in [0.15, 0.2) is 0 Å². The summed E-state index contributed by atoms with van der Waals surface area (Å²) >= 11 is 0. The van der Waals surface area contributed by atoms with Crippen molar-refractivity contribution < 1.29 is 9.00 Å². The average molecular weight is 296 g/mol. The van der Waals surface area contributed by atoms with E-state index >= 15 is 0 Å². The fourth-order valence-corrected chi connectivity index (χ4v) is 3.86. The van der Waals surface area contributed by atoms with Gasteiger partial charge < -0.3 is 11.1 Å². The predicted molar refractivity (Wildman–Crippen MR) is 78.9 cm³/mol. The van der Waals surface area contributed by atoms with Gasteiger partial charge in [-0.15, -0.1) is 0 Å². The Labute approximate surface area is 121 Å². The molecule has 1 fully saturated rings. The Morgan fingerprint density at radius 2 is 2.30 bits per heavy atom. The van der Waals surface area contributed by atoms with Crippen molar-refractivity contribution in [2.75, 3.05) is 11.1 Å². The Balaban J connectivity index is 2.00. The van der Waals surface area contributed by atoms with Crippen LogP contribution in [0, 0.1) is 0 Å². The van der Waals surface area contributed by atoms with E-state index in [9.17, 15) is 9.00 Å². The number of nitrogens with zero attached hydrogens (tertiary/aromatic N) is 2. The molecule has 1 heterocycles. The molecule has 0 bridgehead atoms. The van der Waals surface area contributed by atoms with Gasteiger partial charge in [-0.2, -0.15) is 0 Å². The van der Waals surface area contributed by atoms with E-state index in [4.69, 9.17) is 5.73 Å². The number of anilines is 1. The van der Waals surface area contributed by atoms with Crippen molar-refractivity contribution in [1.29, 1.82) is 0 Å². The highest BCUT2D eigenvalue weighted by Crippen LogP contribution is 2.25. The summed E-state index contributed by atoms with van der Waals surface area (Å²) in [5.74, 6) is 0.665. The van der Waals surface area contributed by atoms with Gasteiger partial charge in [0.1, 0.15) is 11.5 Å². The van der Waals surface area contributed by atoms with Gasteiger partial charge in [0.25, 0.3) is 5.91 Å². The lowest BCUT2D eigenvalue weighted by Crippen LogP contribution is -2.33. The molecule has 0 aromatic carbocycles. The Hall–Kier alpha value is -1.50. The normalized spacial score (nSPS) is 24.1. The van der Waals surface area contributed by atoms with Crippen molar-refractivity contribution in [2.24, 2.45) is 5.73 Å². The van der Waals surface area contributed by atoms with E-state index in [-0.39, 0.29) is 17.0 Å². The maximum absolute atomic E-state index is 11.9. The number of carbonyl (C=O) groups excluding carboxylic acids is 1. The summed E-state index contributed by atoms with van der Waals surface area (Å²) in [7, 11) is -0.754. The summed E-state index contributed by atoms with van der Waals surface area (Å²) in [5, 5.41) is 3.52. The molecule has 20 heavy (non-hydrogen) atoms. The van der Waals surface area contributed by atoms with Gasteiger partial charge >= 0.3 is 0 Å². The highest BCUT2D eigenvalue weighted by Gasteiger charge is 2.25. The summed E-state index contributed by atoms with van der Waals surface area (Å²) < 4.78 is 11.9. The first-order chi connectivity index (χ1) is 9.60. The fraction of sp³-hybridized carbons (Fsp3) is 0.615. The minimum absolute atomic E-state index is 0.152. The second-order valence-electron chi connectivity index (χ2n) is 4.95. The van der Waals surface area contributed by atoms with Crippen LogP contribution in [0.4, 0.5) is 5.82 Å². The van der Waals surface area contributed by atoms with Gasteiger partial charge in [-0.25, -0.2) is 4.98 Å². The number of nitrogens with two attached hydrogens (primary N) is 1. The van der Waals surface area contributed by atoms with Gasteiger partial charge in [0.2, 0.25) is 0 Å². The SMILES string of the molecule is CCS(=O)C1CCCC(Nc2cncc(C(N)=O)n2)C1. The van der Waals surface area contributed by atoms with Crippen LogP contribution in [0.2, 0.25) is 0 Å². The molecule has 2 rings (SSSR count). The number of primary amides is 1. The van der Waals surface area contributed by atoms with Crippen LogP contribution in [0.5, 0.6) is 0 Å². The number of carbonyl (C=O) groups is 1. The molecule has 0 spiro atoms.